The molecule has 1 N–H and O–H groups in total. The average molecular weight is 266 g/mol. The molecule has 1 aromatic heterocycles. The van der Waals surface area contributed by atoms with E-state index in [1.165, 1.54) is 54.1 Å². The minimum Gasteiger partial charge on any atom is -0.315 e. The highest BCUT2D eigenvalue weighted by molar-refractivity contribution is 7.11. The highest BCUT2D eigenvalue weighted by atomic mass is 32.1. The molecule has 1 aromatic rings. The molecular weight excluding hydrogens is 240 g/mol. The van der Waals surface area contributed by atoms with Crippen molar-refractivity contribution in [3.05, 3.63) is 15.6 Å². The van der Waals surface area contributed by atoms with Crippen LogP contribution in [0.3, 0.4) is 0 Å². The molecule has 1 saturated carbocycles. The van der Waals surface area contributed by atoms with Crippen LogP contribution < -0.4 is 5.32 Å². The van der Waals surface area contributed by atoms with Gasteiger partial charge in [0.25, 0.3) is 0 Å². The highest BCUT2D eigenvalue weighted by Crippen LogP contribution is 2.36. The molecule has 3 heteroatoms. The van der Waals surface area contributed by atoms with Gasteiger partial charge in [0.1, 0.15) is 0 Å². The van der Waals surface area contributed by atoms with E-state index in [9.17, 15) is 0 Å². The summed E-state index contributed by atoms with van der Waals surface area (Å²) < 4.78 is 0. The monoisotopic (exact) mass is 266 g/mol. The van der Waals surface area contributed by atoms with Crippen LogP contribution in [-0.2, 0) is 6.54 Å². The third-order valence-electron chi connectivity index (χ3n) is 3.83. The van der Waals surface area contributed by atoms with Gasteiger partial charge in [0.2, 0.25) is 0 Å². The zero-order valence-corrected chi connectivity index (χ0v) is 12.8. The van der Waals surface area contributed by atoms with E-state index in [2.05, 4.69) is 19.2 Å². The molecule has 0 atom stereocenters. The van der Waals surface area contributed by atoms with E-state index >= 15 is 0 Å². The van der Waals surface area contributed by atoms with Crippen molar-refractivity contribution in [1.82, 2.24) is 10.3 Å². The van der Waals surface area contributed by atoms with Crippen LogP contribution in [0.2, 0.25) is 0 Å². The summed E-state index contributed by atoms with van der Waals surface area (Å²) in [5.74, 6) is 1.28. The van der Waals surface area contributed by atoms with Crippen LogP contribution in [-0.4, -0.2) is 12.0 Å². The van der Waals surface area contributed by atoms with Crippen molar-refractivity contribution in [3.63, 3.8) is 0 Å². The first kappa shape index (κ1) is 14.0. The third kappa shape index (κ3) is 3.33. The molecule has 0 amide bonds. The molecular formula is C15H26N2S. The smallest absolute Gasteiger partial charge is 0.0962 e. The maximum atomic E-state index is 4.97. The minimum atomic E-state index is 0.545. The fourth-order valence-corrected chi connectivity index (χ4v) is 4.22. The van der Waals surface area contributed by atoms with Gasteiger partial charge in [-0.2, -0.15) is 0 Å². The van der Waals surface area contributed by atoms with Crippen molar-refractivity contribution in [1.29, 1.82) is 0 Å². The Balaban J connectivity index is 2.18. The summed E-state index contributed by atoms with van der Waals surface area (Å²) in [5, 5.41) is 4.69. The summed E-state index contributed by atoms with van der Waals surface area (Å²) >= 11 is 1.95. The highest BCUT2D eigenvalue weighted by Gasteiger charge is 2.21. The van der Waals surface area contributed by atoms with Gasteiger partial charge in [-0.05, 0) is 25.8 Å². The largest absolute Gasteiger partial charge is 0.315 e. The zero-order valence-electron chi connectivity index (χ0n) is 12.0. The average Bonchev–Trinajstić information content (AvgIpc) is 2.59. The Kier molecular flexibility index (Phi) is 5.19. The molecule has 2 nitrogen and oxygen atoms in total. The molecule has 1 heterocycles. The zero-order chi connectivity index (χ0) is 13.0. The number of nitrogens with zero attached hydrogens (tertiary/aromatic N) is 1. The van der Waals surface area contributed by atoms with Gasteiger partial charge in [-0.25, -0.2) is 4.98 Å². The van der Waals surface area contributed by atoms with E-state index in [0.717, 1.165) is 12.5 Å². The molecule has 0 radical (unpaired) electrons. The molecule has 0 saturated heterocycles. The molecule has 1 aliphatic carbocycles. The van der Waals surface area contributed by atoms with Crippen LogP contribution in [0, 0.1) is 0 Å². The SMILES string of the molecule is CNCc1sc(C2CCCCCC2)nc1C(C)C. The predicted molar refractivity (Wildman–Crippen MR) is 79.4 cm³/mol. The van der Waals surface area contributed by atoms with E-state index in [1.54, 1.807) is 0 Å². The first-order chi connectivity index (χ1) is 8.72. The van der Waals surface area contributed by atoms with E-state index in [-0.39, 0.29) is 0 Å². The Labute approximate surface area is 115 Å². The summed E-state index contributed by atoms with van der Waals surface area (Å²) in [7, 11) is 2.02. The first-order valence-electron chi connectivity index (χ1n) is 7.36. The number of hydrogen-bond acceptors (Lipinski definition) is 3. The van der Waals surface area contributed by atoms with Gasteiger partial charge in [-0.3, -0.25) is 0 Å². The molecule has 0 aromatic carbocycles. The lowest BCUT2D eigenvalue weighted by atomic mass is 10.0. The number of nitrogens with one attached hydrogen (secondary N) is 1. The summed E-state index contributed by atoms with van der Waals surface area (Å²) in [5.41, 5.74) is 1.33. The van der Waals surface area contributed by atoms with Crippen LogP contribution in [0.15, 0.2) is 0 Å². The first-order valence-corrected chi connectivity index (χ1v) is 8.18. The van der Waals surface area contributed by atoms with Gasteiger partial charge in [0.15, 0.2) is 0 Å². The Bertz CT molecular complexity index is 363. The van der Waals surface area contributed by atoms with Crippen molar-refractivity contribution >= 4 is 11.3 Å². The predicted octanol–water partition coefficient (Wildman–Crippen LogP) is 4.42. The Hall–Kier alpha value is -0.410. The van der Waals surface area contributed by atoms with E-state index < -0.39 is 0 Å². The lowest BCUT2D eigenvalue weighted by Gasteiger charge is -2.09. The molecule has 1 fully saturated rings. The maximum absolute atomic E-state index is 4.97. The van der Waals surface area contributed by atoms with E-state index in [4.69, 9.17) is 4.98 Å². The normalized spacial score (nSPS) is 18.2. The fraction of sp³-hybridized carbons (Fsp3) is 0.800. The Morgan fingerprint density at radius 3 is 2.44 bits per heavy atom. The van der Waals surface area contributed by atoms with Crippen LogP contribution in [0.4, 0.5) is 0 Å². The molecule has 0 bridgehead atoms. The van der Waals surface area contributed by atoms with Gasteiger partial charge in [0.05, 0.1) is 10.7 Å². The summed E-state index contributed by atoms with van der Waals surface area (Å²) in [6, 6.07) is 0. The molecule has 1 aliphatic rings. The van der Waals surface area contributed by atoms with Crippen molar-refractivity contribution in [2.75, 3.05) is 7.05 Å². The topological polar surface area (TPSA) is 24.9 Å². The Morgan fingerprint density at radius 2 is 1.89 bits per heavy atom. The lowest BCUT2D eigenvalue weighted by molar-refractivity contribution is 0.586. The second-order valence-corrected chi connectivity index (χ2v) is 6.85. The van der Waals surface area contributed by atoms with E-state index in [1.807, 2.05) is 18.4 Å². The van der Waals surface area contributed by atoms with Crippen molar-refractivity contribution < 1.29 is 0 Å². The van der Waals surface area contributed by atoms with Crippen molar-refractivity contribution in [3.8, 4) is 0 Å². The third-order valence-corrected chi connectivity index (χ3v) is 5.07. The molecule has 0 unspecified atom stereocenters. The summed E-state index contributed by atoms with van der Waals surface area (Å²) in [6.45, 7) is 5.48. The molecule has 0 aliphatic heterocycles. The van der Waals surface area contributed by atoms with Crippen LogP contribution in [0.25, 0.3) is 0 Å². The number of thiazole rings is 1. The number of aromatic nitrogens is 1. The van der Waals surface area contributed by atoms with Gasteiger partial charge < -0.3 is 5.32 Å². The van der Waals surface area contributed by atoms with Gasteiger partial charge in [0, 0.05) is 17.3 Å². The van der Waals surface area contributed by atoms with Gasteiger partial charge in [-0.15, -0.1) is 11.3 Å². The molecule has 18 heavy (non-hydrogen) atoms. The number of hydrogen-bond donors (Lipinski definition) is 1. The minimum absolute atomic E-state index is 0.545. The van der Waals surface area contributed by atoms with Crippen molar-refractivity contribution in [2.24, 2.45) is 0 Å². The summed E-state index contributed by atoms with van der Waals surface area (Å²) in [4.78, 5) is 6.42. The van der Waals surface area contributed by atoms with Crippen LogP contribution in [0.1, 0.15) is 79.8 Å². The van der Waals surface area contributed by atoms with Crippen molar-refractivity contribution in [2.45, 2.75) is 70.8 Å². The molecule has 102 valence electrons. The second-order valence-electron chi connectivity index (χ2n) is 5.73. The van der Waals surface area contributed by atoms with Crippen LogP contribution >= 0.6 is 11.3 Å². The fourth-order valence-electron chi connectivity index (χ4n) is 2.82. The van der Waals surface area contributed by atoms with Crippen LogP contribution in [0.5, 0.6) is 0 Å². The van der Waals surface area contributed by atoms with Gasteiger partial charge in [-0.1, -0.05) is 39.5 Å². The van der Waals surface area contributed by atoms with Gasteiger partial charge >= 0.3 is 0 Å². The van der Waals surface area contributed by atoms with E-state index in [0.29, 0.717) is 5.92 Å². The molecule has 0 spiro atoms. The summed E-state index contributed by atoms with van der Waals surface area (Å²) in [6.07, 6.45) is 8.32. The standard InChI is InChI=1S/C15H26N2S/c1-11(2)14-13(10-16-3)18-15(17-14)12-8-6-4-5-7-9-12/h11-12,16H,4-10H2,1-3H3. The quantitative estimate of drug-likeness (QED) is 0.816. The second kappa shape index (κ2) is 6.67. The lowest BCUT2D eigenvalue weighted by Crippen LogP contribution is -2.06. The number of rotatable bonds is 4. The molecule has 2 rings (SSSR count). The maximum Gasteiger partial charge on any atom is 0.0962 e. The Morgan fingerprint density at radius 1 is 1.22 bits per heavy atom.